The van der Waals surface area contributed by atoms with Crippen molar-refractivity contribution in [2.24, 2.45) is 0 Å². The third-order valence-corrected chi connectivity index (χ3v) is 3.66. The van der Waals surface area contributed by atoms with Crippen molar-refractivity contribution < 1.29 is 22.8 Å². The van der Waals surface area contributed by atoms with Crippen molar-refractivity contribution in [2.75, 3.05) is 11.9 Å². The highest BCUT2D eigenvalue weighted by molar-refractivity contribution is 9.10. The first-order chi connectivity index (χ1) is 11.3. The van der Waals surface area contributed by atoms with E-state index < -0.39 is 18.6 Å². The van der Waals surface area contributed by atoms with Crippen LogP contribution in [0.15, 0.2) is 53.0 Å². The molecule has 8 heteroatoms. The van der Waals surface area contributed by atoms with Gasteiger partial charge in [-0.15, -0.1) is 0 Å². The van der Waals surface area contributed by atoms with Gasteiger partial charge in [-0.1, -0.05) is 12.1 Å². The zero-order valence-corrected chi connectivity index (χ0v) is 13.7. The Bertz CT molecular complexity index is 746. The van der Waals surface area contributed by atoms with Gasteiger partial charge in [0.2, 0.25) is 0 Å². The second-order valence-corrected chi connectivity index (χ2v) is 5.66. The highest BCUT2D eigenvalue weighted by Gasteiger charge is 2.27. The van der Waals surface area contributed by atoms with Crippen molar-refractivity contribution in [3.8, 4) is 0 Å². The Hall–Kier alpha value is -2.35. The van der Waals surface area contributed by atoms with Crippen LogP contribution in [0.25, 0.3) is 0 Å². The molecular formula is C16H12BrF3N2O2. The van der Waals surface area contributed by atoms with E-state index in [0.717, 1.165) is 0 Å². The maximum absolute atomic E-state index is 12.1. The first-order valence-electron chi connectivity index (χ1n) is 6.77. The molecule has 2 aromatic carbocycles. The lowest BCUT2D eigenvalue weighted by molar-refractivity contribution is -0.123. The number of halogens is 4. The van der Waals surface area contributed by atoms with Gasteiger partial charge in [0, 0.05) is 15.7 Å². The van der Waals surface area contributed by atoms with Crippen LogP contribution >= 0.6 is 15.9 Å². The minimum Gasteiger partial charge on any atom is -0.343 e. The molecule has 2 N–H and O–H groups in total. The SMILES string of the molecule is O=C(NCC(F)(F)F)c1ccc(NC(=O)c2ccccc2Br)cc1. The van der Waals surface area contributed by atoms with E-state index in [1.807, 2.05) is 0 Å². The molecule has 0 atom stereocenters. The quantitative estimate of drug-likeness (QED) is 0.814. The fourth-order valence-electron chi connectivity index (χ4n) is 1.83. The second-order valence-electron chi connectivity index (χ2n) is 4.81. The molecule has 2 amide bonds. The van der Waals surface area contributed by atoms with E-state index in [4.69, 9.17) is 0 Å². The number of amides is 2. The Morgan fingerprint density at radius 2 is 1.58 bits per heavy atom. The predicted octanol–water partition coefficient (Wildman–Crippen LogP) is 3.99. The number of anilines is 1. The van der Waals surface area contributed by atoms with E-state index in [9.17, 15) is 22.8 Å². The van der Waals surface area contributed by atoms with Gasteiger partial charge in [-0.05, 0) is 52.3 Å². The summed E-state index contributed by atoms with van der Waals surface area (Å²) in [4.78, 5) is 23.7. The van der Waals surface area contributed by atoms with Gasteiger partial charge in [-0.25, -0.2) is 0 Å². The summed E-state index contributed by atoms with van der Waals surface area (Å²) in [6.45, 7) is -1.40. The molecule has 24 heavy (non-hydrogen) atoms. The monoisotopic (exact) mass is 400 g/mol. The third-order valence-electron chi connectivity index (χ3n) is 2.97. The summed E-state index contributed by atoms with van der Waals surface area (Å²) in [7, 11) is 0. The summed E-state index contributed by atoms with van der Waals surface area (Å²) < 4.78 is 36.8. The Kier molecular flexibility index (Phi) is 5.61. The molecule has 0 aliphatic carbocycles. The third kappa shape index (κ3) is 5.09. The number of hydrogen-bond acceptors (Lipinski definition) is 2. The molecule has 2 rings (SSSR count). The largest absolute Gasteiger partial charge is 0.405 e. The maximum atomic E-state index is 12.1. The van der Waals surface area contributed by atoms with Crippen LogP contribution in [-0.4, -0.2) is 24.5 Å². The van der Waals surface area contributed by atoms with Crippen molar-refractivity contribution in [3.05, 3.63) is 64.1 Å². The number of nitrogens with one attached hydrogen (secondary N) is 2. The Morgan fingerprint density at radius 3 is 2.17 bits per heavy atom. The molecule has 0 saturated carbocycles. The van der Waals surface area contributed by atoms with Gasteiger partial charge in [-0.3, -0.25) is 9.59 Å². The molecule has 4 nitrogen and oxygen atoms in total. The van der Waals surface area contributed by atoms with E-state index in [-0.39, 0.29) is 11.5 Å². The van der Waals surface area contributed by atoms with Crippen molar-refractivity contribution in [1.29, 1.82) is 0 Å². The van der Waals surface area contributed by atoms with E-state index in [1.165, 1.54) is 24.3 Å². The van der Waals surface area contributed by atoms with Gasteiger partial charge >= 0.3 is 6.18 Å². The predicted molar refractivity (Wildman–Crippen MR) is 86.9 cm³/mol. The van der Waals surface area contributed by atoms with Gasteiger partial charge < -0.3 is 10.6 Å². The van der Waals surface area contributed by atoms with Crippen LogP contribution in [0.2, 0.25) is 0 Å². The Balaban J connectivity index is 2.01. The molecule has 0 heterocycles. The summed E-state index contributed by atoms with van der Waals surface area (Å²) >= 11 is 3.27. The van der Waals surface area contributed by atoms with Gasteiger partial charge in [0.1, 0.15) is 6.54 Å². The number of carbonyl (C=O) groups is 2. The normalized spacial score (nSPS) is 11.0. The molecule has 0 saturated heterocycles. The fourth-order valence-corrected chi connectivity index (χ4v) is 2.30. The standard InChI is InChI=1S/C16H12BrF3N2O2/c17-13-4-2-1-3-12(13)15(24)22-11-7-5-10(6-8-11)14(23)21-9-16(18,19)20/h1-8H,9H2,(H,21,23)(H,22,24). The molecule has 0 fully saturated rings. The smallest absolute Gasteiger partial charge is 0.343 e. The average molecular weight is 401 g/mol. The molecule has 0 aromatic heterocycles. The van der Waals surface area contributed by atoms with Crippen LogP contribution in [0.5, 0.6) is 0 Å². The summed E-state index contributed by atoms with van der Waals surface area (Å²) in [5.74, 6) is -1.19. The Labute approximate surface area is 144 Å². The van der Waals surface area contributed by atoms with Crippen LogP contribution < -0.4 is 10.6 Å². The minimum atomic E-state index is -4.47. The number of carbonyl (C=O) groups excluding carboxylic acids is 2. The van der Waals surface area contributed by atoms with Crippen LogP contribution in [0.4, 0.5) is 18.9 Å². The number of benzene rings is 2. The van der Waals surface area contributed by atoms with E-state index in [2.05, 4.69) is 21.2 Å². The van der Waals surface area contributed by atoms with Crippen molar-refractivity contribution in [2.45, 2.75) is 6.18 Å². The molecular weight excluding hydrogens is 389 g/mol. The zero-order chi connectivity index (χ0) is 17.7. The van der Waals surface area contributed by atoms with Gasteiger partial charge in [0.15, 0.2) is 0 Å². The lowest BCUT2D eigenvalue weighted by Crippen LogP contribution is -2.33. The minimum absolute atomic E-state index is 0.0677. The lowest BCUT2D eigenvalue weighted by Gasteiger charge is -2.09. The van der Waals surface area contributed by atoms with Crippen molar-refractivity contribution in [1.82, 2.24) is 5.32 Å². The fraction of sp³-hybridized carbons (Fsp3) is 0.125. The molecule has 0 bridgehead atoms. The van der Waals surface area contributed by atoms with E-state index in [0.29, 0.717) is 15.7 Å². The van der Waals surface area contributed by atoms with Crippen molar-refractivity contribution >= 4 is 33.4 Å². The Morgan fingerprint density at radius 1 is 0.958 bits per heavy atom. The first kappa shape index (κ1) is 18.0. The summed E-state index contributed by atoms with van der Waals surface area (Å²) in [6.07, 6.45) is -4.47. The topological polar surface area (TPSA) is 58.2 Å². The number of alkyl halides is 3. The van der Waals surface area contributed by atoms with E-state index >= 15 is 0 Å². The van der Waals surface area contributed by atoms with Crippen LogP contribution in [0, 0.1) is 0 Å². The summed E-state index contributed by atoms with van der Waals surface area (Å²) in [6, 6.07) is 12.4. The molecule has 126 valence electrons. The van der Waals surface area contributed by atoms with Gasteiger partial charge in [0.25, 0.3) is 11.8 Å². The summed E-state index contributed by atoms with van der Waals surface area (Å²) in [5, 5.41) is 4.42. The molecule has 0 aliphatic rings. The molecule has 0 unspecified atom stereocenters. The average Bonchev–Trinajstić information content (AvgIpc) is 2.53. The zero-order valence-electron chi connectivity index (χ0n) is 12.2. The van der Waals surface area contributed by atoms with Crippen LogP contribution in [-0.2, 0) is 0 Å². The number of hydrogen-bond donors (Lipinski definition) is 2. The summed E-state index contributed by atoms with van der Waals surface area (Å²) in [5.41, 5.74) is 0.922. The molecule has 2 aromatic rings. The highest BCUT2D eigenvalue weighted by atomic mass is 79.9. The highest BCUT2D eigenvalue weighted by Crippen LogP contribution is 2.18. The second kappa shape index (κ2) is 7.48. The maximum Gasteiger partial charge on any atom is 0.405 e. The van der Waals surface area contributed by atoms with Crippen LogP contribution in [0.3, 0.4) is 0 Å². The molecule has 0 spiro atoms. The molecule has 0 radical (unpaired) electrons. The lowest BCUT2D eigenvalue weighted by atomic mass is 10.1. The van der Waals surface area contributed by atoms with E-state index in [1.54, 1.807) is 29.6 Å². The van der Waals surface area contributed by atoms with Crippen molar-refractivity contribution in [3.63, 3.8) is 0 Å². The van der Waals surface area contributed by atoms with Crippen LogP contribution in [0.1, 0.15) is 20.7 Å². The van der Waals surface area contributed by atoms with Gasteiger partial charge in [-0.2, -0.15) is 13.2 Å². The number of rotatable bonds is 4. The molecule has 0 aliphatic heterocycles. The first-order valence-corrected chi connectivity index (χ1v) is 7.56. The van der Waals surface area contributed by atoms with Gasteiger partial charge in [0.05, 0.1) is 5.56 Å².